The maximum Gasteiger partial charge on any atom is 0.326 e. The average molecular weight is 454 g/mol. The second kappa shape index (κ2) is 6.91. The second-order valence-corrected chi connectivity index (χ2v) is 9.05. The largest absolute Gasteiger partial charge is 0.422 e. The Bertz CT molecular complexity index is 1370. The SMILES string of the molecule is CNc1cc(F)cc2c1[nH]c1nc(Oc3cncc(Cl)c3)nc(N3CC4(CC[C@H]4N)C3)c12. The summed E-state index contributed by atoms with van der Waals surface area (Å²) in [5, 5.41) is 4.97. The summed E-state index contributed by atoms with van der Waals surface area (Å²) in [6.45, 7) is 1.61. The monoisotopic (exact) mass is 453 g/mol. The molecular weight excluding hydrogens is 433 g/mol. The molecule has 1 aliphatic carbocycles. The maximum absolute atomic E-state index is 14.4. The predicted molar refractivity (Wildman–Crippen MR) is 122 cm³/mol. The Morgan fingerprint density at radius 3 is 2.81 bits per heavy atom. The van der Waals surface area contributed by atoms with E-state index in [1.807, 2.05) is 0 Å². The molecular formula is C22H21ClFN7O. The first-order chi connectivity index (χ1) is 15.5. The molecule has 6 rings (SSSR count). The number of H-pyrrole nitrogens is 1. The summed E-state index contributed by atoms with van der Waals surface area (Å²) in [4.78, 5) is 18.8. The van der Waals surface area contributed by atoms with E-state index >= 15 is 0 Å². The molecule has 4 heterocycles. The second-order valence-electron chi connectivity index (χ2n) is 8.61. The van der Waals surface area contributed by atoms with E-state index in [1.54, 1.807) is 19.3 Å². The van der Waals surface area contributed by atoms with Crippen LogP contribution < -0.4 is 20.7 Å². The Labute approximate surface area is 187 Å². The number of rotatable bonds is 4. The van der Waals surface area contributed by atoms with Crippen molar-refractivity contribution in [3.63, 3.8) is 0 Å². The van der Waals surface area contributed by atoms with Crippen molar-refractivity contribution in [2.24, 2.45) is 11.1 Å². The zero-order chi connectivity index (χ0) is 22.0. The van der Waals surface area contributed by atoms with Crippen LogP contribution in [0.1, 0.15) is 12.8 Å². The molecule has 1 saturated carbocycles. The van der Waals surface area contributed by atoms with Crippen molar-refractivity contribution in [3.05, 3.63) is 41.4 Å². The summed E-state index contributed by atoms with van der Waals surface area (Å²) in [5.74, 6) is 0.797. The summed E-state index contributed by atoms with van der Waals surface area (Å²) in [6.07, 6.45) is 5.23. The van der Waals surface area contributed by atoms with Gasteiger partial charge >= 0.3 is 6.01 Å². The third kappa shape index (κ3) is 2.88. The van der Waals surface area contributed by atoms with Gasteiger partial charge in [0.25, 0.3) is 0 Å². The number of nitrogens with one attached hydrogen (secondary N) is 2. The van der Waals surface area contributed by atoms with Gasteiger partial charge < -0.3 is 25.7 Å². The fourth-order valence-electron chi connectivity index (χ4n) is 4.83. The normalized spacial score (nSPS) is 19.2. The molecule has 32 heavy (non-hydrogen) atoms. The fraction of sp³-hybridized carbons (Fsp3) is 0.318. The highest BCUT2D eigenvalue weighted by atomic mass is 35.5. The van der Waals surface area contributed by atoms with Crippen LogP contribution in [-0.2, 0) is 0 Å². The number of benzene rings is 1. The Morgan fingerprint density at radius 2 is 2.12 bits per heavy atom. The lowest BCUT2D eigenvalue weighted by atomic mass is 9.60. The van der Waals surface area contributed by atoms with Crippen LogP contribution in [0.5, 0.6) is 11.8 Å². The van der Waals surface area contributed by atoms with Gasteiger partial charge in [-0.2, -0.15) is 9.97 Å². The van der Waals surface area contributed by atoms with E-state index in [-0.39, 0.29) is 23.3 Å². The number of aromatic amines is 1. The van der Waals surface area contributed by atoms with E-state index in [9.17, 15) is 4.39 Å². The van der Waals surface area contributed by atoms with Gasteiger partial charge in [-0.15, -0.1) is 0 Å². The standard InChI is InChI=1S/C22H21ClFN7O/c1-26-15-6-12(24)5-14-17-19(28-18(14)15)29-21(32-13-4-11(23)7-27-8-13)30-20(17)31-9-22(10-31)3-2-16(22)25/h4-8,16,26H,2-3,9-10,25H2,1H3,(H,28,29,30)/t16-/m1/s1. The van der Waals surface area contributed by atoms with E-state index in [2.05, 4.69) is 25.2 Å². The highest BCUT2D eigenvalue weighted by Crippen LogP contribution is 2.50. The van der Waals surface area contributed by atoms with Gasteiger partial charge in [0.05, 0.1) is 27.8 Å². The van der Waals surface area contributed by atoms with Crippen LogP contribution >= 0.6 is 11.6 Å². The van der Waals surface area contributed by atoms with Gasteiger partial charge in [0.1, 0.15) is 17.3 Å². The average Bonchev–Trinajstić information content (AvgIpc) is 3.09. The van der Waals surface area contributed by atoms with E-state index in [1.165, 1.54) is 18.3 Å². The van der Waals surface area contributed by atoms with Crippen LogP contribution in [0.4, 0.5) is 15.9 Å². The van der Waals surface area contributed by atoms with Crippen LogP contribution in [0.2, 0.25) is 5.02 Å². The number of hydrogen-bond donors (Lipinski definition) is 3. The molecule has 4 aromatic rings. The Hall–Kier alpha value is -3.17. The topological polar surface area (TPSA) is 105 Å². The molecule has 1 atom stereocenters. The number of nitrogens with zero attached hydrogens (tertiary/aromatic N) is 4. The molecule has 0 amide bonds. The lowest BCUT2D eigenvalue weighted by Gasteiger charge is -2.60. The van der Waals surface area contributed by atoms with Crippen molar-refractivity contribution in [1.29, 1.82) is 0 Å². The molecule has 1 aliphatic heterocycles. The molecule has 2 fully saturated rings. The summed E-state index contributed by atoms with van der Waals surface area (Å²) in [5.41, 5.74) is 8.39. The van der Waals surface area contributed by atoms with Gasteiger partial charge in [-0.25, -0.2) is 4.39 Å². The Balaban J connectivity index is 1.51. The molecule has 1 aromatic carbocycles. The summed E-state index contributed by atoms with van der Waals surface area (Å²) in [7, 11) is 1.75. The first-order valence-electron chi connectivity index (χ1n) is 10.5. The third-order valence-electron chi connectivity index (χ3n) is 6.69. The summed E-state index contributed by atoms with van der Waals surface area (Å²) >= 11 is 6.04. The lowest BCUT2D eigenvalue weighted by molar-refractivity contribution is 0.0559. The molecule has 0 bridgehead atoms. The highest BCUT2D eigenvalue weighted by Gasteiger charge is 2.53. The van der Waals surface area contributed by atoms with E-state index in [0.29, 0.717) is 33.3 Å². The van der Waals surface area contributed by atoms with Gasteiger partial charge in [0, 0.05) is 49.2 Å². The van der Waals surface area contributed by atoms with Crippen molar-refractivity contribution < 1.29 is 9.13 Å². The van der Waals surface area contributed by atoms with Crippen molar-refractivity contribution in [2.75, 3.05) is 30.4 Å². The molecule has 10 heteroatoms. The van der Waals surface area contributed by atoms with Crippen LogP contribution in [0.25, 0.3) is 21.9 Å². The zero-order valence-corrected chi connectivity index (χ0v) is 18.1. The smallest absolute Gasteiger partial charge is 0.326 e. The van der Waals surface area contributed by atoms with Crippen LogP contribution in [0, 0.1) is 11.2 Å². The first-order valence-corrected chi connectivity index (χ1v) is 10.8. The van der Waals surface area contributed by atoms with Crippen LogP contribution in [0.3, 0.4) is 0 Å². The van der Waals surface area contributed by atoms with Crippen molar-refractivity contribution in [3.8, 4) is 11.8 Å². The maximum atomic E-state index is 14.4. The molecule has 8 nitrogen and oxygen atoms in total. The minimum absolute atomic E-state index is 0.142. The molecule has 1 spiro atoms. The lowest BCUT2D eigenvalue weighted by Crippen LogP contribution is -2.69. The van der Waals surface area contributed by atoms with E-state index in [0.717, 1.165) is 36.8 Å². The van der Waals surface area contributed by atoms with E-state index in [4.69, 9.17) is 27.1 Å². The Morgan fingerprint density at radius 1 is 1.28 bits per heavy atom. The van der Waals surface area contributed by atoms with Gasteiger partial charge in [0.2, 0.25) is 0 Å². The number of halogens is 2. The highest BCUT2D eigenvalue weighted by molar-refractivity contribution is 6.30. The van der Waals surface area contributed by atoms with Crippen molar-refractivity contribution in [1.82, 2.24) is 19.9 Å². The number of anilines is 2. The summed E-state index contributed by atoms with van der Waals surface area (Å²) < 4.78 is 20.3. The van der Waals surface area contributed by atoms with Gasteiger partial charge in [0.15, 0.2) is 5.75 Å². The number of hydrogen-bond acceptors (Lipinski definition) is 7. The van der Waals surface area contributed by atoms with Crippen molar-refractivity contribution >= 4 is 45.0 Å². The number of pyridine rings is 1. The quantitative estimate of drug-likeness (QED) is 0.428. The summed E-state index contributed by atoms with van der Waals surface area (Å²) in [6, 6.07) is 4.97. The first kappa shape index (κ1) is 19.5. The number of fused-ring (bicyclic) bond motifs is 3. The number of aromatic nitrogens is 4. The van der Waals surface area contributed by atoms with Gasteiger partial charge in [-0.1, -0.05) is 11.6 Å². The molecule has 0 radical (unpaired) electrons. The zero-order valence-electron chi connectivity index (χ0n) is 17.3. The predicted octanol–water partition coefficient (Wildman–Crippen LogP) is 4.06. The number of nitrogens with two attached hydrogens (primary N) is 1. The third-order valence-corrected chi connectivity index (χ3v) is 6.90. The molecule has 1 saturated heterocycles. The van der Waals surface area contributed by atoms with Crippen molar-refractivity contribution in [2.45, 2.75) is 18.9 Å². The van der Waals surface area contributed by atoms with Crippen LogP contribution in [-0.4, -0.2) is 46.1 Å². The fourth-order valence-corrected chi connectivity index (χ4v) is 4.99. The van der Waals surface area contributed by atoms with Crippen LogP contribution in [0.15, 0.2) is 30.6 Å². The minimum Gasteiger partial charge on any atom is -0.422 e. The number of ether oxygens (including phenoxy) is 1. The molecule has 3 aromatic heterocycles. The van der Waals surface area contributed by atoms with E-state index < -0.39 is 0 Å². The minimum atomic E-state index is -0.333. The van der Waals surface area contributed by atoms with Gasteiger partial charge in [-0.05, 0) is 25.0 Å². The molecule has 164 valence electrons. The molecule has 0 unspecified atom stereocenters. The van der Waals surface area contributed by atoms with Gasteiger partial charge in [-0.3, -0.25) is 4.98 Å². The molecule has 2 aliphatic rings. The Kier molecular flexibility index (Phi) is 4.22. The molecule has 4 N–H and O–H groups in total.